The van der Waals surface area contributed by atoms with Gasteiger partial charge in [-0.1, -0.05) is 41.4 Å². The summed E-state index contributed by atoms with van der Waals surface area (Å²) < 4.78 is 0.894. The maximum Gasteiger partial charge on any atom is 1.00 e. The molecule has 0 saturated heterocycles. The second-order valence-electron chi connectivity index (χ2n) is 3.02. The zero-order chi connectivity index (χ0) is 12.8. The predicted octanol–water partition coefficient (Wildman–Crippen LogP) is 1.81. The molecule has 0 aliphatic rings. The topological polar surface area (TPSA) is 40.5 Å². The van der Waals surface area contributed by atoms with Crippen LogP contribution in [0.4, 0.5) is 0 Å². The van der Waals surface area contributed by atoms with Crippen LogP contribution in [0.1, 0.15) is 1.43 Å². The van der Waals surface area contributed by atoms with E-state index in [1.54, 1.807) is 24.3 Å². The van der Waals surface area contributed by atoms with Gasteiger partial charge in [-0.05, 0) is 46.9 Å². The van der Waals surface area contributed by atoms with Crippen LogP contribution in [0.25, 0.3) is 0 Å². The number of para-hydroxylation sites is 1. The Labute approximate surface area is 153 Å². The molecule has 0 unspecified atom stereocenters. The van der Waals surface area contributed by atoms with Gasteiger partial charge in [0.25, 0.3) is 0 Å². The third-order valence-corrected chi connectivity index (χ3v) is 3.50. The van der Waals surface area contributed by atoms with Crippen molar-refractivity contribution in [3.8, 4) is 11.5 Å². The molecule has 0 saturated carbocycles. The largest absolute Gasteiger partial charge is 1.00 e. The van der Waals surface area contributed by atoms with Crippen molar-refractivity contribution in [3.63, 3.8) is 0 Å². The SMILES string of the molecule is Oc1cccc(Cl)c1Cl.Oc1ccccc1I.[H-].[Na+]. The van der Waals surface area contributed by atoms with Gasteiger partial charge in [0.05, 0.1) is 8.59 Å². The molecule has 2 rings (SSSR count). The first-order chi connectivity index (χ1) is 8.02. The summed E-state index contributed by atoms with van der Waals surface area (Å²) in [5.41, 5.74) is 0. The number of hydrogen-bond donors (Lipinski definition) is 2. The fraction of sp³-hybridized carbons (Fsp3) is 0. The van der Waals surface area contributed by atoms with Crippen LogP contribution in [0.15, 0.2) is 42.5 Å². The fourth-order valence-electron chi connectivity index (χ4n) is 0.944. The summed E-state index contributed by atoms with van der Waals surface area (Å²) in [7, 11) is 0. The first kappa shape index (κ1) is 18.4. The summed E-state index contributed by atoms with van der Waals surface area (Å²) in [6.07, 6.45) is 0. The molecule has 0 bridgehead atoms. The van der Waals surface area contributed by atoms with E-state index in [1.807, 2.05) is 12.1 Å². The maximum atomic E-state index is 8.91. The second kappa shape index (κ2) is 9.28. The van der Waals surface area contributed by atoms with Gasteiger partial charge in [0, 0.05) is 0 Å². The molecule has 0 aromatic heterocycles. The van der Waals surface area contributed by atoms with Gasteiger partial charge in [0.2, 0.25) is 0 Å². The molecule has 18 heavy (non-hydrogen) atoms. The Hall–Kier alpha value is 0.350. The van der Waals surface area contributed by atoms with Crippen molar-refractivity contribution in [2.24, 2.45) is 0 Å². The van der Waals surface area contributed by atoms with Crippen molar-refractivity contribution in [2.75, 3.05) is 0 Å². The minimum absolute atomic E-state index is 0. The van der Waals surface area contributed by atoms with Crippen LogP contribution in [0.2, 0.25) is 10.0 Å². The van der Waals surface area contributed by atoms with Crippen molar-refractivity contribution >= 4 is 45.8 Å². The smallest absolute Gasteiger partial charge is 1.00 e. The first-order valence-corrected chi connectivity index (χ1v) is 6.42. The van der Waals surface area contributed by atoms with Gasteiger partial charge in [-0.2, -0.15) is 0 Å². The predicted molar refractivity (Wildman–Crippen MR) is 80.1 cm³/mol. The van der Waals surface area contributed by atoms with Crippen LogP contribution in [0.3, 0.4) is 0 Å². The van der Waals surface area contributed by atoms with Gasteiger partial charge < -0.3 is 11.6 Å². The minimum atomic E-state index is 0. The van der Waals surface area contributed by atoms with Crippen LogP contribution >= 0.6 is 45.8 Å². The summed E-state index contributed by atoms with van der Waals surface area (Å²) in [5, 5.41) is 18.4. The van der Waals surface area contributed by atoms with Crippen LogP contribution in [0, 0.1) is 3.57 Å². The number of phenolic OH excluding ortho intramolecular Hbond substituents is 2. The van der Waals surface area contributed by atoms with Crippen molar-refractivity contribution < 1.29 is 41.2 Å². The number of rotatable bonds is 0. The van der Waals surface area contributed by atoms with E-state index in [9.17, 15) is 0 Å². The van der Waals surface area contributed by atoms with Crippen LogP contribution in [-0.4, -0.2) is 10.2 Å². The van der Waals surface area contributed by atoms with E-state index in [0.717, 1.165) is 3.57 Å². The Morgan fingerprint density at radius 1 is 0.889 bits per heavy atom. The molecule has 0 spiro atoms. The van der Waals surface area contributed by atoms with E-state index in [0.29, 0.717) is 10.8 Å². The van der Waals surface area contributed by atoms with Crippen molar-refractivity contribution in [1.82, 2.24) is 0 Å². The average Bonchev–Trinajstić information content (AvgIpc) is 2.31. The van der Waals surface area contributed by atoms with E-state index < -0.39 is 0 Å². The number of hydrogen-bond acceptors (Lipinski definition) is 2. The summed E-state index contributed by atoms with van der Waals surface area (Å²) in [6.45, 7) is 0. The molecule has 0 atom stereocenters. The average molecular weight is 407 g/mol. The maximum absolute atomic E-state index is 8.91. The molecule has 2 aromatic carbocycles. The van der Waals surface area contributed by atoms with Crippen LogP contribution in [-0.2, 0) is 0 Å². The van der Waals surface area contributed by atoms with Crippen molar-refractivity contribution in [2.45, 2.75) is 0 Å². The normalized spacial score (nSPS) is 8.83. The molecule has 2 aromatic rings. The molecule has 0 amide bonds. The molecule has 2 nitrogen and oxygen atoms in total. The van der Waals surface area contributed by atoms with E-state index in [2.05, 4.69) is 22.6 Å². The summed E-state index contributed by atoms with van der Waals surface area (Å²) in [5.74, 6) is 0.372. The second-order valence-corrected chi connectivity index (χ2v) is 4.97. The summed E-state index contributed by atoms with van der Waals surface area (Å²) in [6, 6.07) is 11.9. The zero-order valence-corrected chi connectivity index (χ0v) is 15.2. The van der Waals surface area contributed by atoms with Gasteiger partial charge in [-0.25, -0.2) is 0 Å². The van der Waals surface area contributed by atoms with Gasteiger partial charge >= 0.3 is 29.6 Å². The Morgan fingerprint density at radius 3 is 1.83 bits per heavy atom. The van der Waals surface area contributed by atoms with Gasteiger partial charge in [-0.15, -0.1) is 0 Å². The minimum Gasteiger partial charge on any atom is -1.00 e. The molecule has 0 aliphatic heterocycles. The fourth-order valence-corrected chi connectivity index (χ4v) is 1.63. The van der Waals surface area contributed by atoms with E-state index >= 15 is 0 Å². The number of benzene rings is 2. The summed E-state index contributed by atoms with van der Waals surface area (Å²) in [4.78, 5) is 0. The van der Waals surface area contributed by atoms with Crippen LogP contribution in [0.5, 0.6) is 11.5 Å². The van der Waals surface area contributed by atoms with Crippen molar-refractivity contribution in [3.05, 3.63) is 56.1 Å². The van der Waals surface area contributed by atoms with Gasteiger partial charge in [0.15, 0.2) is 0 Å². The molecule has 0 fully saturated rings. The molecule has 0 heterocycles. The third kappa shape index (κ3) is 5.99. The molecular formula is C12H10Cl2INaO2. The number of halogens is 3. The first-order valence-electron chi connectivity index (χ1n) is 4.59. The zero-order valence-electron chi connectivity index (χ0n) is 10.6. The van der Waals surface area contributed by atoms with Crippen LogP contribution < -0.4 is 29.6 Å². The Kier molecular flexibility index (Phi) is 9.47. The van der Waals surface area contributed by atoms with Gasteiger partial charge in [0.1, 0.15) is 16.5 Å². The Morgan fingerprint density at radius 2 is 1.44 bits per heavy atom. The number of phenols is 2. The quantitative estimate of drug-likeness (QED) is 0.517. The van der Waals surface area contributed by atoms with Gasteiger partial charge in [-0.3, -0.25) is 0 Å². The van der Waals surface area contributed by atoms with E-state index in [4.69, 9.17) is 33.4 Å². The summed E-state index contributed by atoms with van der Waals surface area (Å²) >= 11 is 13.1. The monoisotopic (exact) mass is 406 g/mol. The van der Waals surface area contributed by atoms with E-state index in [1.165, 1.54) is 6.07 Å². The standard InChI is InChI=1S/C6H4Cl2O.C6H5IO.Na.H/c7-4-2-1-3-5(9)6(4)8;7-5-3-1-2-4-6(5)8;;/h1-3,9H;1-4,8H;;/q;;+1;-1. The van der Waals surface area contributed by atoms with Crippen molar-refractivity contribution in [1.29, 1.82) is 0 Å². The third-order valence-electron chi connectivity index (χ3n) is 1.78. The molecule has 0 radical (unpaired) electrons. The molecule has 6 heteroatoms. The molecule has 92 valence electrons. The molecule has 0 aliphatic carbocycles. The Balaban J connectivity index is 0. The van der Waals surface area contributed by atoms with E-state index in [-0.39, 0.29) is 41.8 Å². The number of aromatic hydroxyl groups is 2. The Bertz CT molecular complexity index is 474. The molecule has 2 N–H and O–H groups in total. The molecular weight excluding hydrogens is 397 g/mol.